The van der Waals surface area contributed by atoms with Gasteiger partial charge in [-0.15, -0.1) is 12.4 Å². The summed E-state index contributed by atoms with van der Waals surface area (Å²) in [6, 6.07) is 7.04. The number of halogens is 1. The van der Waals surface area contributed by atoms with Crippen LogP contribution in [-0.4, -0.2) is 27.5 Å². The van der Waals surface area contributed by atoms with Crippen molar-refractivity contribution in [3.8, 4) is 0 Å². The number of hydrogen-bond donors (Lipinski definition) is 2. The highest BCUT2D eigenvalue weighted by Crippen LogP contribution is 2.16. The average Bonchev–Trinajstić information content (AvgIpc) is 2.32. The van der Waals surface area contributed by atoms with Gasteiger partial charge in [0.15, 0.2) is 0 Å². The van der Waals surface area contributed by atoms with Crippen LogP contribution in [0.5, 0.6) is 0 Å². The van der Waals surface area contributed by atoms with E-state index in [1.54, 1.807) is 18.2 Å². The largest absolute Gasteiger partial charge is 0.316 e. The number of sulfonamides is 1. The Kier molecular flexibility index (Phi) is 5.80. The number of hydrogen-bond acceptors (Lipinski definition) is 3. The van der Waals surface area contributed by atoms with Crippen LogP contribution in [0.2, 0.25) is 0 Å². The molecular formula is C13H21ClN2O2S. The zero-order valence-electron chi connectivity index (χ0n) is 11.2. The van der Waals surface area contributed by atoms with Gasteiger partial charge in [0, 0.05) is 6.04 Å². The maximum Gasteiger partial charge on any atom is 0.240 e. The van der Waals surface area contributed by atoms with Crippen LogP contribution in [0.15, 0.2) is 29.2 Å². The molecule has 1 heterocycles. The first-order chi connectivity index (χ1) is 8.49. The van der Waals surface area contributed by atoms with Gasteiger partial charge in [0.25, 0.3) is 0 Å². The average molecular weight is 305 g/mol. The van der Waals surface area contributed by atoms with Crippen LogP contribution < -0.4 is 10.0 Å². The van der Waals surface area contributed by atoms with Gasteiger partial charge in [-0.3, -0.25) is 0 Å². The van der Waals surface area contributed by atoms with E-state index >= 15 is 0 Å². The van der Waals surface area contributed by atoms with E-state index in [0.29, 0.717) is 10.8 Å². The summed E-state index contributed by atoms with van der Waals surface area (Å²) in [6.45, 7) is 5.69. The van der Waals surface area contributed by atoms with Crippen molar-refractivity contribution in [2.45, 2.75) is 31.2 Å². The molecule has 1 aromatic rings. The van der Waals surface area contributed by atoms with Crippen LogP contribution in [0.1, 0.15) is 18.9 Å². The van der Waals surface area contributed by atoms with Crippen LogP contribution in [0.4, 0.5) is 0 Å². The summed E-state index contributed by atoms with van der Waals surface area (Å²) in [7, 11) is -3.39. The maximum atomic E-state index is 12.3. The Balaban J connectivity index is 0.00000180. The van der Waals surface area contributed by atoms with Crippen molar-refractivity contribution in [1.29, 1.82) is 0 Å². The minimum Gasteiger partial charge on any atom is -0.316 e. The van der Waals surface area contributed by atoms with E-state index in [1.807, 2.05) is 13.0 Å². The van der Waals surface area contributed by atoms with Crippen LogP contribution in [0, 0.1) is 12.8 Å². The van der Waals surface area contributed by atoms with Gasteiger partial charge < -0.3 is 5.32 Å². The predicted octanol–water partition coefficient (Wildman–Crippen LogP) is 1.69. The lowest BCUT2D eigenvalue weighted by Gasteiger charge is -2.29. The zero-order chi connectivity index (χ0) is 13.2. The molecule has 1 fully saturated rings. The van der Waals surface area contributed by atoms with Crippen molar-refractivity contribution in [2.75, 3.05) is 13.1 Å². The molecule has 2 rings (SSSR count). The Bertz CT molecular complexity index is 519. The van der Waals surface area contributed by atoms with E-state index in [2.05, 4.69) is 17.0 Å². The van der Waals surface area contributed by atoms with Gasteiger partial charge in [-0.1, -0.05) is 19.1 Å². The molecule has 1 aliphatic heterocycles. The molecule has 0 aliphatic carbocycles. The topological polar surface area (TPSA) is 58.2 Å². The minimum absolute atomic E-state index is 0. The molecule has 1 aliphatic rings. The van der Waals surface area contributed by atoms with Gasteiger partial charge in [0.1, 0.15) is 0 Å². The van der Waals surface area contributed by atoms with Gasteiger partial charge in [-0.2, -0.15) is 0 Å². The Labute approximate surface area is 121 Å². The van der Waals surface area contributed by atoms with Gasteiger partial charge >= 0.3 is 0 Å². The lowest BCUT2D eigenvalue weighted by atomic mass is 9.97. The third-order valence-electron chi connectivity index (χ3n) is 3.39. The third kappa shape index (κ3) is 4.18. The monoisotopic (exact) mass is 304 g/mol. The summed E-state index contributed by atoms with van der Waals surface area (Å²) in [5.41, 5.74) is 0.955. The number of nitrogens with one attached hydrogen (secondary N) is 2. The molecule has 1 aromatic carbocycles. The van der Waals surface area contributed by atoms with Crippen LogP contribution >= 0.6 is 12.4 Å². The second kappa shape index (κ2) is 6.70. The summed E-state index contributed by atoms with van der Waals surface area (Å²) < 4.78 is 27.4. The molecule has 0 radical (unpaired) electrons. The van der Waals surface area contributed by atoms with Crippen LogP contribution in [0.25, 0.3) is 0 Å². The number of aryl methyl sites for hydroxylation is 1. The second-order valence-electron chi connectivity index (χ2n) is 5.01. The fourth-order valence-corrected chi connectivity index (χ4v) is 3.72. The lowest BCUT2D eigenvalue weighted by molar-refractivity contribution is 0.328. The Morgan fingerprint density at radius 1 is 1.37 bits per heavy atom. The molecule has 0 saturated carbocycles. The molecule has 0 amide bonds. The molecule has 2 unspecified atom stereocenters. The molecule has 6 heteroatoms. The first-order valence-corrected chi connectivity index (χ1v) is 7.77. The summed E-state index contributed by atoms with van der Waals surface area (Å²) in [5.74, 6) is 0.318. The predicted molar refractivity (Wildman–Crippen MR) is 79.2 cm³/mol. The first-order valence-electron chi connectivity index (χ1n) is 6.29. The molecule has 0 bridgehead atoms. The number of benzene rings is 1. The molecule has 0 aromatic heterocycles. The lowest BCUT2D eigenvalue weighted by Crippen LogP contribution is -2.48. The van der Waals surface area contributed by atoms with Gasteiger partial charge in [0.05, 0.1) is 4.90 Å². The SMILES string of the molecule is Cc1cccc(S(=O)(=O)NC2CCNCC2C)c1.Cl. The highest BCUT2D eigenvalue weighted by molar-refractivity contribution is 7.89. The van der Waals surface area contributed by atoms with Crippen molar-refractivity contribution in [1.82, 2.24) is 10.0 Å². The van der Waals surface area contributed by atoms with Crippen molar-refractivity contribution in [3.63, 3.8) is 0 Å². The number of piperidine rings is 1. The van der Waals surface area contributed by atoms with Crippen LogP contribution in [-0.2, 0) is 10.0 Å². The van der Waals surface area contributed by atoms with Crippen LogP contribution in [0.3, 0.4) is 0 Å². The van der Waals surface area contributed by atoms with E-state index in [-0.39, 0.29) is 18.4 Å². The Morgan fingerprint density at radius 3 is 2.74 bits per heavy atom. The molecule has 19 heavy (non-hydrogen) atoms. The quantitative estimate of drug-likeness (QED) is 0.893. The highest BCUT2D eigenvalue weighted by atomic mass is 35.5. The maximum absolute atomic E-state index is 12.3. The Hall–Kier alpha value is -0.620. The standard InChI is InChI=1S/C13H20N2O2S.ClH/c1-10-4-3-5-12(8-10)18(16,17)15-13-6-7-14-9-11(13)2;/h3-5,8,11,13-15H,6-7,9H2,1-2H3;1H. The summed E-state index contributed by atoms with van der Waals surface area (Å²) in [4.78, 5) is 0.355. The molecule has 1 saturated heterocycles. The first kappa shape index (κ1) is 16.4. The highest BCUT2D eigenvalue weighted by Gasteiger charge is 2.26. The Morgan fingerprint density at radius 2 is 2.11 bits per heavy atom. The molecule has 2 atom stereocenters. The van der Waals surface area contributed by atoms with Crippen molar-refractivity contribution in [3.05, 3.63) is 29.8 Å². The summed E-state index contributed by atoms with van der Waals surface area (Å²) in [6.07, 6.45) is 0.839. The zero-order valence-corrected chi connectivity index (χ0v) is 12.9. The summed E-state index contributed by atoms with van der Waals surface area (Å²) >= 11 is 0. The minimum atomic E-state index is -3.39. The number of rotatable bonds is 3. The van der Waals surface area contributed by atoms with Crippen molar-refractivity contribution in [2.24, 2.45) is 5.92 Å². The smallest absolute Gasteiger partial charge is 0.240 e. The fourth-order valence-electron chi connectivity index (χ4n) is 2.24. The normalized spacial score (nSPS) is 23.7. The molecule has 0 spiro atoms. The summed E-state index contributed by atoms with van der Waals surface area (Å²) in [5, 5.41) is 3.26. The van der Waals surface area contributed by atoms with E-state index in [4.69, 9.17) is 0 Å². The molecule has 108 valence electrons. The van der Waals surface area contributed by atoms with Gasteiger partial charge in [-0.05, 0) is 50.0 Å². The van der Waals surface area contributed by atoms with E-state index < -0.39 is 10.0 Å². The van der Waals surface area contributed by atoms with Gasteiger partial charge in [0.2, 0.25) is 10.0 Å². The third-order valence-corrected chi connectivity index (χ3v) is 4.88. The second-order valence-corrected chi connectivity index (χ2v) is 6.73. The molecule has 2 N–H and O–H groups in total. The van der Waals surface area contributed by atoms with E-state index in [1.165, 1.54) is 0 Å². The van der Waals surface area contributed by atoms with Crippen molar-refractivity contribution >= 4 is 22.4 Å². The molecular weight excluding hydrogens is 284 g/mol. The van der Waals surface area contributed by atoms with Crippen molar-refractivity contribution < 1.29 is 8.42 Å². The van der Waals surface area contributed by atoms with Gasteiger partial charge in [-0.25, -0.2) is 13.1 Å². The van der Waals surface area contributed by atoms with E-state index in [9.17, 15) is 8.42 Å². The van der Waals surface area contributed by atoms with E-state index in [0.717, 1.165) is 25.1 Å². The molecule has 4 nitrogen and oxygen atoms in total. The fraction of sp³-hybridized carbons (Fsp3) is 0.538.